The second kappa shape index (κ2) is 9.32. The number of aryl methyl sites for hydroxylation is 1. The van der Waals surface area contributed by atoms with Crippen LogP contribution in [0.4, 0.5) is 4.39 Å². The Morgan fingerprint density at radius 2 is 2.09 bits per heavy atom. The zero-order valence-electron chi connectivity index (χ0n) is 18.2. The third-order valence-corrected chi connectivity index (χ3v) is 8.25. The van der Waals surface area contributed by atoms with Gasteiger partial charge < -0.3 is 9.72 Å². The van der Waals surface area contributed by atoms with Crippen LogP contribution in [0, 0.1) is 11.7 Å². The predicted octanol–water partition coefficient (Wildman–Crippen LogP) is 3.22. The van der Waals surface area contributed by atoms with Crippen molar-refractivity contribution in [3.63, 3.8) is 0 Å². The van der Waals surface area contributed by atoms with E-state index in [-0.39, 0.29) is 29.2 Å². The van der Waals surface area contributed by atoms with Gasteiger partial charge in [0.15, 0.2) is 11.9 Å². The number of fused-ring (bicyclic) bond motifs is 3. The van der Waals surface area contributed by atoms with Gasteiger partial charge in [0.05, 0.1) is 16.7 Å². The van der Waals surface area contributed by atoms with Crippen LogP contribution in [0.2, 0.25) is 0 Å². The maximum absolute atomic E-state index is 13.0. The summed E-state index contributed by atoms with van der Waals surface area (Å²) >= 11 is 1.51. The van der Waals surface area contributed by atoms with Crippen LogP contribution in [0.15, 0.2) is 34.0 Å². The van der Waals surface area contributed by atoms with E-state index in [4.69, 9.17) is 4.74 Å². The highest BCUT2D eigenvalue weighted by atomic mass is 32.2. The second-order valence-electron chi connectivity index (χ2n) is 8.22. The van der Waals surface area contributed by atoms with E-state index in [9.17, 15) is 22.4 Å². The lowest BCUT2D eigenvalue weighted by Gasteiger charge is -2.17. The van der Waals surface area contributed by atoms with Crippen molar-refractivity contribution in [2.45, 2.75) is 50.5 Å². The molecule has 2 unspecified atom stereocenters. The molecule has 0 spiro atoms. The first-order valence-electron chi connectivity index (χ1n) is 10.6. The van der Waals surface area contributed by atoms with Crippen molar-refractivity contribution in [2.24, 2.45) is 5.92 Å². The van der Waals surface area contributed by atoms with Crippen LogP contribution in [0.1, 0.15) is 49.1 Å². The molecule has 0 radical (unpaired) electrons. The molecule has 2 N–H and O–H groups in total. The van der Waals surface area contributed by atoms with Crippen LogP contribution in [-0.4, -0.2) is 30.9 Å². The van der Waals surface area contributed by atoms with E-state index in [0.717, 1.165) is 49.1 Å². The largest absolute Gasteiger partial charge is 0.454 e. The van der Waals surface area contributed by atoms with Crippen molar-refractivity contribution < 1.29 is 22.3 Å². The Hall–Kier alpha value is -2.63. The molecule has 4 rings (SSSR count). The standard InChI is InChI=1S/C22H24FN3O5S2/c1-12-3-8-16-17(11-12)32-22-19(16)21(28)25-20(26-22)13(2)31-18(27)9-10-24-33(29,30)15-6-4-14(23)5-7-15/h4-7,12-13,24H,3,8-11H2,1-2H3,(H,25,26,28). The Bertz CT molecular complexity index is 1350. The SMILES string of the molecule is CC1CCc2c(sc3nc(C(C)OC(=O)CCNS(=O)(=O)c4ccc(F)cc4)[nH]c(=O)c23)C1. The lowest BCUT2D eigenvalue weighted by atomic mass is 9.89. The average molecular weight is 494 g/mol. The molecule has 0 saturated carbocycles. The molecule has 3 aromatic rings. The summed E-state index contributed by atoms with van der Waals surface area (Å²) in [6, 6.07) is 4.36. The van der Waals surface area contributed by atoms with E-state index in [1.807, 2.05) is 0 Å². The van der Waals surface area contributed by atoms with Gasteiger partial charge in [-0.05, 0) is 61.9 Å². The molecule has 0 aliphatic heterocycles. The number of carbonyl (C=O) groups is 1. The number of thiophene rings is 1. The monoisotopic (exact) mass is 493 g/mol. The molecular formula is C22H24FN3O5S2. The van der Waals surface area contributed by atoms with Crippen LogP contribution in [0.25, 0.3) is 10.2 Å². The maximum Gasteiger partial charge on any atom is 0.307 e. The Morgan fingerprint density at radius 1 is 1.36 bits per heavy atom. The zero-order valence-corrected chi connectivity index (χ0v) is 19.8. The first-order valence-corrected chi connectivity index (χ1v) is 12.9. The fourth-order valence-corrected chi connectivity index (χ4v) is 6.28. The summed E-state index contributed by atoms with van der Waals surface area (Å²) in [7, 11) is -3.87. The number of benzene rings is 1. The normalized spacial score (nSPS) is 17.0. The van der Waals surface area contributed by atoms with Gasteiger partial charge in [-0.15, -0.1) is 11.3 Å². The third-order valence-electron chi connectivity index (χ3n) is 5.62. The number of halogens is 1. The van der Waals surface area contributed by atoms with Gasteiger partial charge in [-0.3, -0.25) is 9.59 Å². The van der Waals surface area contributed by atoms with E-state index in [1.165, 1.54) is 16.2 Å². The van der Waals surface area contributed by atoms with E-state index < -0.39 is 27.9 Å². The number of ether oxygens (including phenoxy) is 1. The quantitative estimate of drug-likeness (QED) is 0.488. The summed E-state index contributed by atoms with van der Waals surface area (Å²) in [5.74, 6) is -0.371. The van der Waals surface area contributed by atoms with Gasteiger partial charge >= 0.3 is 5.97 Å². The van der Waals surface area contributed by atoms with Crippen LogP contribution in [0.3, 0.4) is 0 Å². The van der Waals surface area contributed by atoms with Gasteiger partial charge in [-0.25, -0.2) is 22.5 Å². The number of nitrogens with zero attached hydrogens (tertiary/aromatic N) is 1. The lowest BCUT2D eigenvalue weighted by Crippen LogP contribution is -2.27. The topological polar surface area (TPSA) is 118 Å². The second-order valence-corrected chi connectivity index (χ2v) is 11.1. The van der Waals surface area contributed by atoms with Gasteiger partial charge in [-0.2, -0.15) is 0 Å². The number of nitrogens with one attached hydrogen (secondary N) is 2. The molecule has 33 heavy (non-hydrogen) atoms. The van der Waals surface area contributed by atoms with Crippen LogP contribution in [0.5, 0.6) is 0 Å². The van der Waals surface area contributed by atoms with Crippen molar-refractivity contribution in [3.05, 3.63) is 56.7 Å². The van der Waals surface area contributed by atoms with Gasteiger partial charge in [0, 0.05) is 11.4 Å². The van der Waals surface area contributed by atoms with Gasteiger partial charge in [0.1, 0.15) is 10.6 Å². The number of hydrogen-bond acceptors (Lipinski definition) is 7. The highest BCUT2D eigenvalue weighted by molar-refractivity contribution is 7.89. The number of aromatic nitrogens is 2. The number of carbonyl (C=O) groups excluding carboxylic acids is 1. The Labute approximate surface area is 194 Å². The first kappa shape index (κ1) is 23.5. The molecule has 0 bridgehead atoms. The van der Waals surface area contributed by atoms with Gasteiger partial charge in [0.25, 0.3) is 5.56 Å². The molecule has 0 amide bonds. The summed E-state index contributed by atoms with van der Waals surface area (Å²) in [5, 5.41) is 0.624. The molecule has 1 aromatic carbocycles. The van der Waals surface area contributed by atoms with Crippen molar-refractivity contribution >= 4 is 37.5 Å². The van der Waals surface area contributed by atoms with E-state index in [2.05, 4.69) is 21.6 Å². The number of aromatic amines is 1. The summed E-state index contributed by atoms with van der Waals surface area (Å²) in [6.07, 6.45) is 1.81. The lowest BCUT2D eigenvalue weighted by molar-refractivity contribution is -0.148. The molecule has 1 aliphatic carbocycles. The molecule has 1 aliphatic rings. The average Bonchev–Trinajstić information content (AvgIpc) is 3.11. The number of H-pyrrole nitrogens is 1. The molecule has 8 nitrogen and oxygen atoms in total. The number of esters is 1. The smallest absolute Gasteiger partial charge is 0.307 e. The summed E-state index contributed by atoms with van der Waals surface area (Å²) < 4.78 is 45.0. The maximum atomic E-state index is 13.0. The summed E-state index contributed by atoms with van der Waals surface area (Å²) in [4.78, 5) is 33.9. The number of sulfonamides is 1. The van der Waals surface area contributed by atoms with E-state index >= 15 is 0 Å². The van der Waals surface area contributed by atoms with E-state index in [1.54, 1.807) is 6.92 Å². The number of rotatable bonds is 7. The fourth-order valence-electron chi connectivity index (χ4n) is 3.85. The molecule has 2 heterocycles. The van der Waals surface area contributed by atoms with Crippen LogP contribution >= 0.6 is 11.3 Å². The van der Waals surface area contributed by atoms with Crippen LogP contribution < -0.4 is 10.3 Å². The summed E-state index contributed by atoms with van der Waals surface area (Å²) in [5.41, 5.74) is 0.837. The Kier molecular flexibility index (Phi) is 6.64. The highest BCUT2D eigenvalue weighted by Crippen LogP contribution is 2.36. The third kappa shape index (κ3) is 5.15. The van der Waals surface area contributed by atoms with Crippen molar-refractivity contribution in [3.8, 4) is 0 Å². The summed E-state index contributed by atoms with van der Waals surface area (Å²) in [6.45, 7) is 3.60. The molecule has 176 valence electrons. The minimum atomic E-state index is -3.87. The molecule has 2 aromatic heterocycles. The molecular weight excluding hydrogens is 469 g/mol. The van der Waals surface area contributed by atoms with E-state index in [0.29, 0.717) is 16.1 Å². The minimum absolute atomic E-state index is 0.103. The molecule has 0 fully saturated rings. The predicted molar refractivity (Wildman–Crippen MR) is 122 cm³/mol. The first-order chi connectivity index (χ1) is 15.6. The zero-order chi connectivity index (χ0) is 23.8. The molecule has 0 saturated heterocycles. The molecule has 2 atom stereocenters. The van der Waals surface area contributed by atoms with Crippen molar-refractivity contribution in [1.82, 2.24) is 14.7 Å². The Balaban J connectivity index is 1.38. The van der Waals surface area contributed by atoms with Crippen molar-refractivity contribution in [2.75, 3.05) is 6.54 Å². The van der Waals surface area contributed by atoms with Crippen LogP contribution in [-0.2, 0) is 32.4 Å². The van der Waals surface area contributed by atoms with Gasteiger partial charge in [-0.1, -0.05) is 6.92 Å². The Morgan fingerprint density at radius 3 is 2.82 bits per heavy atom. The fraction of sp³-hybridized carbons (Fsp3) is 0.409. The highest BCUT2D eigenvalue weighted by Gasteiger charge is 2.24. The number of hydrogen-bond donors (Lipinski definition) is 2. The van der Waals surface area contributed by atoms with Crippen molar-refractivity contribution in [1.29, 1.82) is 0 Å². The molecule has 11 heteroatoms. The van der Waals surface area contributed by atoms with Gasteiger partial charge in [0.2, 0.25) is 10.0 Å². The minimum Gasteiger partial charge on any atom is -0.454 e.